The van der Waals surface area contributed by atoms with Crippen LogP contribution in [0, 0.1) is 20.8 Å². The predicted molar refractivity (Wildman–Crippen MR) is 104 cm³/mol. The number of amides is 1. The van der Waals surface area contributed by atoms with E-state index in [-0.39, 0.29) is 29.4 Å². The van der Waals surface area contributed by atoms with E-state index in [0.717, 1.165) is 11.1 Å². The van der Waals surface area contributed by atoms with Crippen LogP contribution in [0.15, 0.2) is 22.6 Å². The van der Waals surface area contributed by atoms with Crippen LogP contribution in [0.1, 0.15) is 61.8 Å². The number of nitrogens with one attached hydrogen (secondary N) is 1. The highest BCUT2D eigenvalue weighted by Gasteiger charge is 2.29. The summed E-state index contributed by atoms with van der Waals surface area (Å²) >= 11 is 0. The third kappa shape index (κ3) is 5.10. The lowest BCUT2D eigenvalue weighted by atomic mass is 10.1. The lowest BCUT2D eigenvalue weighted by molar-refractivity contribution is -0.119. The number of esters is 2. The maximum absolute atomic E-state index is 12.2. The van der Waals surface area contributed by atoms with Gasteiger partial charge in [0.15, 0.2) is 12.4 Å². The second kappa shape index (κ2) is 9.18. The van der Waals surface area contributed by atoms with Gasteiger partial charge in [-0.05, 0) is 46.2 Å². The second-order valence-electron chi connectivity index (χ2n) is 6.46. The van der Waals surface area contributed by atoms with Crippen LogP contribution in [0.2, 0.25) is 0 Å². The molecule has 0 atom stereocenters. The average molecular weight is 401 g/mol. The maximum atomic E-state index is 12.2. The Hall–Kier alpha value is -3.42. The second-order valence-corrected chi connectivity index (χ2v) is 6.46. The maximum Gasteiger partial charge on any atom is 0.344 e. The van der Waals surface area contributed by atoms with Crippen LogP contribution in [0.3, 0.4) is 0 Å². The fourth-order valence-electron chi connectivity index (χ4n) is 2.78. The number of furan rings is 1. The van der Waals surface area contributed by atoms with E-state index in [4.69, 9.17) is 13.9 Å². The number of anilines is 1. The van der Waals surface area contributed by atoms with E-state index in [2.05, 4.69) is 5.32 Å². The number of carbonyl (C=O) groups excluding carboxylic acids is 4. The normalized spacial score (nSPS) is 10.4. The van der Waals surface area contributed by atoms with Crippen molar-refractivity contribution in [1.82, 2.24) is 0 Å². The molecule has 0 bridgehead atoms. The molecule has 1 aromatic heterocycles. The van der Waals surface area contributed by atoms with Gasteiger partial charge in [0.1, 0.15) is 11.3 Å². The molecule has 2 rings (SSSR count). The van der Waals surface area contributed by atoms with Crippen molar-refractivity contribution in [2.24, 2.45) is 0 Å². The van der Waals surface area contributed by atoms with Crippen LogP contribution in [-0.4, -0.2) is 36.8 Å². The standard InChI is InChI=1S/C21H23NO7/c1-6-27-21(26)18-17(13(4)23)14(5)29-19(18)22-16(24)10-28-20(25)15-9-11(2)7-8-12(15)3/h7-9H,6,10H2,1-5H3,(H,22,24). The number of hydrogen-bond donors (Lipinski definition) is 1. The largest absolute Gasteiger partial charge is 0.462 e. The summed E-state index contributed by atoms with van der Waals surface area (Å²) in [7, 11) is 0. The van der Waals surface area contributed by atoms with Crippen LogP contribution in [0.4, 0.5) is 5.88 Å². The van der Waals surface area contributed by atoms with Crippen molar-refractivity contribution >= 4 is 29.5 Å². The Morgan fingerprint density at radius 3 is 2.31 bits per heavy atom. The van der Waals surface area contributed by atoms with Gasteiger partial charge in [-0.2, -0.15) is 0 Å². The Labute approximate surface area is 168 Å². The highest BCUT2D eigenvalue weighted by molar-refractivity contribution is 6.10. The van der Waals surface area contributed by atoms with Gasteiger partial charge in [0.2, 0.25) is 5.88 Å². The summed E-state index contributed by atoms with van der Waals surface area (Å²) in [6, 6.07) is 5.32. The molecule has 0 aliphatic heterocycles. The molecule has 8 heteroatoms. The van der Waals surface area contributed by atoms with E-state index >= 15 is 0 Å². The number of rotatable bonds is 7. The number of benzene rings is 1. The Kier molecular flexibility index (Phi) is 6.93. The van der Waals surface area contributed by atoms with E-state index in [1.807, 2.05) is 13.0 Å². The van der Waals surface area contributed by atoms with Gasteiger partial charge in [-0.25, -0.2) is 9.59 Å². The van der Waals surface area contributed by atoms with Crippen LogP contribution < -0.4 is 5.32 Å². The number of hydrogen-bond acceptors (Lipinski definition) is 7. The minimum Gasteiger partial charge on any atom is -0.462 e. The van der Waals surface area contributed by atoms with E-state index in [1.165, 1.54) is 13.8 Å². The van der Waals surface area contributed by atoms with Crippen LogP contribution in [-0.2, 0) is 14.3 Å². The van der Waals surface area contributed by atoms with Gasteiger partial charge in [0.25, 0.3) is 5.91 Å². The number of ether oxygens (including phenoxy) is 2. The molecule has 0 spiro atoms. The van der Waals surface area contributed by atoms with Gasteiger partial charge < -0.3 is 13.9 Å². The molecular weight excluding hydrogens is 378 g/mol. The molecule has 0 saturated carbocycles. The lowest BCUT2D eigenvalue weighted by Crippen LogP contribution is -2.22. The third-order valence-electron chi connectivity index (χ3n) is 4.12. The number of aryl methyl sites for hydroxylation is 3. The first kappa shape index (κ1) is 21.9. The number of carbonyl (C=O) groups is 4. The van der Waals surface area contributed by atoms with Crippen molar-refractivity contribution < 1.29 is 33.1 Å². The lowest BCUT2D eigenvalue weighted by Gasteiger charge is -2.09. The van der Waals surface area contributed by atoms with Crippen LogP contribution in [0.25, 0.3) is 0 Å². The summed E-state index contributed by atoms with van der Waals surface area (Å²) in [5, 5.41) is 2.36. The summed E-state index contributed by atoms with van der Waals surface area (Å²) < 4.78 is 15.4. The van der Waals surface area contributed by atoms with Crippen molar-refractivity contribution in [3.8, 4) is 0 Å². The molecule has 0 radical (unpaired) electrons. The quantitative estimate of drug-likeness (QED) is 0.559. The Morgan fingerprint density at radius 1 is 1.00 bits per heavy atom. The number of ketones is 1. The van der Waals surface area contributed by atoms with Gasteiger partial charge in [-0.3, -0.25) is 14.9 Å². The third-order valence-corrected chi connectivity index (χ3v) is 4.12. The molecular formula is C21H23NO7. The molecule has 0 unspecified atom stereocenters. The van der Waals surface area contributed by atoms with E-state index < -0.39 is 30.2 Å². The molecule has 29 heavy (non-hydrogen) atoms. The minimum atomic E-state index is -0.794. The summed E-state index contributed by atoms with van der Waals surface area (Å²) in [5.74, 6) is -2.62. The van der Waals surface area contributed by atoms with Crippen LogP contribution in [0.5, 0.6) is 0 Å². The van der Waals surface area contributed by atoms with E-state index in [0.29, 0.717) is 5.56 Å². The molecule has 0 aliphatic rings. The molecule has 1 heterocycles. The summed E-state index contributed by atoms with van der Waals surface area (Å²) in [6.45, 7) is 7.48. The molecule has 1 N–H and O–H groups in total. The summed E-state index contributed by atoms with van der Waals surface area (Å²) in [5.41, 5.74) is 1.84. The van der Waals surface area contributed by atoms with E-state index in [1.54, 1.807) is 26.0 Å². The monoisotopic (exact) mass is 401 g/mol. The topological polar surface area (TPSA) is 112 Å². The zero-order valence-electron chi connectivity index (χ0n) is 17.0. The van der Waals surface area contributed by atoms with Crippen molar-refractivity contribution in [2.75, 3.05) is 18.5 Å². The van der Waals surface area contributed by atoms with Gasteiger partial charge in [-0.1, -0.05) is 17.7 Å². The molecule has 0 fully saturated rings. The van der Waals surface area contributed by atoms with Crippen molar-refractivity contribution in [1.29, 1.82) is 0 Å². The highest BCUT2D eigenvalue weighted by atomic mass is 16.5. The van der Waals surface area contributed by atoms with E-state index in [9.17, 15) is 19.2 Å². The smallest absolute Gasteiger partial charge is 0.344 e. The highest BCUT2D eigenvalue weighted by Crippen LogP contribution is 2.28. The summed E-state index contributed by atoms with van der Waals surface area (Å²) in [4.78, 5) is 48.6. The zero-order valence-corrected chi connectivity index (χ0v) is 17.0. The molecule has 154 valence electrons. The molecule has 0 aliphatic carbocycles. The molecule has 8 nitrogen and oxygen atoms in total. The molecule has 0 saturated heterocycles. The molecule has 1 amide bonds. The fraction of sp³-hybridized carbons (Fsp3) is 0.333. The van der Waals surface area contributed by atoms with Crippen molar-refractivity contribution in [3.63, 3.8) is 0 Å². The Balaban J connectivity index is 2.15. The van der Waals surface area contributed by atoms with Crippen molar-refractivity contribution in [3.05, 3.63) is 51.8 Å². The first-order valence-electron chi connectivity index (χ1n) is 9.01. The van der Waals surface area contributed by atoms with Gasteiger partial charge in [0.05, 0.1) is 17.7 Å². The van der Waals surface area contributed by atoms with Crippen molar-refractivity contribution in [2.45, 2.75) is 34.6 Å². The molecule has 2 aromatic rings. The number of Topliss-reactive ketones (excluding diaryl/α,β-unsaturated/α-hetero) is 1. The Bertz CT molecular complexity index is 972. The average Bonchev–Trinajstić information content (AvgIpc) is 2.97. The first-order chi connectivity index (χ1) is 13.6. The summed E-state index contributed by atoms with van der Waals surface area (Å²) in [6.07, 6.45) is 0. The first-order valence-corrected chi connectivity index (χ1v) is 9.01. The predicted octanol–water partition coefficient (Wildman–Crippen LogP) is 3.38. The minimum absolute atomic E-state index is 0.0335. The SMILES string of the molecule is CCOC(=O)c1c(NC(=O)COC(=O)c2cc(C)ccc2C)oc(C)c1C(C)=O. The van der Waals surface area contributed by atoms with Gasteiger partial charge in [0, 0.05) is 0 Å². The van der Waals surface area contributed by atoms with Gasteiger partial charge >= 0.3 is 11.9 Å². The Morgan fingerprint density at radius 2 is 1.69 bits per heavy atom. The fourth-order valence-corrected chi connectivity index (χ4v) is 2.78. The van der Waals surface area contributed by atoms with Gasteiger partial charge in [-0.15, -0.1) is 0 Å². The van der Waals surface area contributed by atoms with Crippen LogP contribution >= 0.6 is 0 Å². The molecule has 1 aromatic carbocycles. The zero-order chi connectivity index (χ0) is 21.7.